The number of amides is 1. The molecule has 0 radical (unpaired) electrons. The predicted molar refractivity (Wildman–Crippen MR) is 72.3 cm³/mol. The van der Waals surface area contributed by atoms with Crippen molar-refractivity contribution >= 4 is 11.6 Å². The van der Waals surface area contributed by atoms with Gasteiger partial charge in [0, 0.05) is 18.4 Å². The summed E-state index contributed by atoms with van der Waals surface area (Å²) < 4.78 is 1.80. The normalized spacial score (nSPS) is 10.4. The van der Waals surface area contributed by atoms with E-state index in [4.69, 9.17) is 5.73 Å². The summed E-state index contributed by atoms with van der Waals surface area (Å²) in [6, 6.07) is 3.49. The number of aryl methyl sites for hydroxylation is 1. The van der Waals surface area contributed by atoms with Crippen LogP contribution in [0.3, 0.4) is 0 Å². The Morgan fingerprint density at radius 1 is 1.42 bits per heavy atom. The van der Waals surface area contributed by atoms with Gasteiger partial charge in [-0.25, -0.2) is 0 Å². The molecular weight excluding hydrogens is 242 g/mol. The number of nitrogen functional groups attached to an aromatic ring is 1. The minimum absolute atomic E-state index is 0.0545. The Kier molecular flexibility index (Phi) is 4.12. The molecule has 2 aromatic rings. The first kappa shape index (κ1) is 13.1. The average molecular weight is 259 g/mol. The maximum Gasteiger partial charge on any atom is 0.226 e. The smallest absolute Gasteiger partial charge is 0.226 e. The number of hydrogen-bond acceptors (Lipinski definition) is 4. The minimum atomic E-state index is -0.0545. The molecule has 0 aliphatic carbocycles. The minimum Gasteiger partial charge on any atom is -0.397 e. The largest absolute Gasteiger partial charge is 0.397 e. The fraction of sp³-hybridized carbons (Fsp3) is 0.308. The molecule has 1 amide bonds. The molecule has 0 saturated heterocycles. The van der Waals surface area contributed by atoms with E-state index in [-0.39, 0.29) is 12.3 Å². The van der Waals surface area contributed by atoms with Crippen molar-refractivity contribution in [2.75, 3.05) is 12.3 Å². The van der Waals surface area contributed by atoms with Gasteiger partial charge < -0.3 is 11.1 Å². The molecule has 2 heterocycles. The molecule has 2 aromatic heterocycles. The molecule has 0 atom stereocenters. The van der Waals surface area contributed by atoms with Crippen molar-refractivity contribution in [3.8, 4) is 0 Å². The standard InChI is InChI=1S/C13H17N5O/c1-10-7-17-18(9-10)5-4-15-13(19)6-12-3-2-11(14)8-16-12/h2-3,7-9H,4-6,14H2,1H3,(H,15,19). The van der Waals surface area contributed by atoms with E-state index >= 15 is 0 Å². The van der Waals surface area contributed by atoms with Crippen molar-refractivity contribution in [1.82, 2.24) is 20.1 Å². The number of nitrogens with one attached hydrogen (secondary N) is 1. The summed E-state index contributed by atoms with van der Waals surface area (Å²) >= 11 is 0. The molecule has 19 heavy (non-hydrogen) atoms. The van der Waals surface area contributed by atoms with Crippen LogP contribution in [-0.2, 0) is 17.8 Å². The summed E-state index contributed by atoms with van der Waals surface area (Å²) in [7, 11) is 0. The number of carbonyl (C=O) groups is 1. The molecule has 100 valence electrons. The zero-order valence-electron chi connectivity index (χ0n) is 10.8. The maximum atomic E-state index is 11.7. The van der Waals surface area contributed by atoms with Crippen LogP contribution in [0.1, 0.15) is 11.3 Å². The predicted octanol–water partition coefficient (Wildman–Crippen LogP) is 0.528. The first-order valence-corrected chi connectivity index (χ1v) is 6.09. The van der Waals surface area contributed by atoms with Crippen molar-refractivity contribution in [3.05, 3.63) is 42.0 Å². The van der Waals surface area contributed by atoms with Crippen molar-refractivity contribution in [2.24, 2.45) is 0 Å². The fourth-order valence-electron chi connectivity index (χ4n) is 1.67. The molecule has 6 heteroatoms. The molecule has 0 fully saturated rings. The van der Waals surface area contributed by atoms with Crippen LogP contribution in [0.15, 0.2) is 30.7 Å². The van der Waals surface area contributed by atoms with Gasteiger partial charge in [0.25, 0.3) is 0 Å². The number of nitrogens with zero attached hydrogens (tertiary/aromatic N) is 3. The van der Waals surface area contributed by atoms with Gasteiger partial charge in [0.05, 0.1) is 31.0 Å². The molecule has 0 spiro atoms. The van der Waals surface area contributed by atoms with Crippen LogP contribution < -0.4 is 11.1 Å². The maximum absolute atomic E-state index is 11.7. The van der Waals surface area contributed by atoms with Crippen molar-refractivity contribution < 1.29 is 4.79 Å². The third-order valence-corrected chi connectivity index (χ3v) is 2.61. The third-order valence-electron chi connectivity index (χ3n) is 2.61. The highest BCUT2D eigenvalue weighted by molar-refractivity contribution is 5.78. The van der Waals surface area contributed by atoms with E-state index in [2.05, 4.69) is 15.4 Å². The number of aromatic nitrogens is 3. The van der Waals surface area contributed by atoms with Crippen LogP contribution in [0.4, 0.5) is 5.69 Å². The summed E-state index contributed by atoms with van der Waals surface area (Å²) in [5, 5.41) is 6.98. The Morgan fingerprint density at radius 2 is 2.26 bits per heavy atom. The number of hydrogen-bond donors (Lipinski definition) is 2. The number of nitrogens with two attached hydrogens (primary N) is 1. The number of anilines is 1. The van der Waals surface area contributed by atoms with Crippen molar-refractivity contribution in [1.29, 1.82) is 0 Å². The average Bonchev–Trinajstić information content (AvgIpc) is 2.78. The molecular formula is C13H17N5O. The van der Waals surface area contributed by atoms with Gasteiger partial charge in [-0.2, -0.15) is 5.10 Å². The second-order valence-electron chi connectivity index (χ2n) is 4.39. The topological polar surface area (TPSA) is 85.8 Å². The van der Waals surface area contributed by atoms with Gasteiger partial charge in [-0.1, -0.05) is 0 Å². The van der Waals surface area contributed by atoms with Crippen molar-refractivity contribution in [3.63, 3.8) is 0 Å². The lowest BCUT2D eigenvalue weighted by Gasteiger charge is -2.05. The molecule has 0 saturated carbocycles. The molecule has 0 unspecified atom stereocenters. The SMILES string of the molecule is Cc1cnn(CCNC(=O)Cc2ccc(N)cn2)c1. The van der Waals surface area contributed by atoms with E-state index in [0.717, 1.165) is 5.56 Å². The Morgan fingerprint density at radius 3 is 2.89 bits per heavy atom. The Balaban J connectivity index is 1.74. The second kappa shape index (κ2) is 5.99. The quantitative estimate of drug-likeness (QED) is 0.820. The van der Waals surface area contributed by atoms with Crippen LogP contribution in [-0.4, -0.2) is 27.2 Å². The molecule has 0 aromatic carbocycles. The lowest BCUT2D eigenvalue weighted by molar-refractivity contribution is -0.120. The summed E-state index contributed by atoms with van der Waals surface area (Å²) in [6.45, 7) is 3.19. The van der Waals surface area contributed by atoms with Crippen LogP contribution in [0, 0.1) is 6.92 Å². The van der Waals surface area contributed by atoms with E-state index in [1.807, 2.05) is 13.1 Å². The van der Waals surface area contributed by atoms with E-state index < -0.39 is 0 Å². The third kappa shape index (κ3) is 4.09. The highest BCUT2D eigenvalue weighted by atomic mass is 16.1. The van der Waals surface area contributed by atoms with Gasteiger partial charge in [-0.15, -0.1) is 0 Å². The first-order valence-electron chi connectivity index (χ1n) is 6.09. The van der Waals surface area contributed by atoms with E-state index in [1.165, 1.54) is 0 Å². The molecule has 3 N–H and O–H groups in total. The Hall–Kier alpha value is -2.37. The van der Waals surface area contributed by atoms with Gasteiger partial charge in [0.1, 0.15) is 0 Å². The monoisotopic (exact) mass is 259 g/mol. The Bertz CT molecular complexity index is 546. The highest BCUT2D eigenvalue weighted by Gasteiger charge is 2.04. The Labute approximate surface area is 111 Å². The van der Waals surface area contributed by atoms with Crippen LogP contribution in [0.5, 0.6) is 0 Å². The number of rotatable bonds is 5. The first-order chi connectivity index (χ1) is 9.13. The zero-order valence-corrected chi connectivity index (χ0v) is 10.8. The summed E-state index contributed by atoms with van der Waals surface area (Å²) in [6.07, 6.45) is 5.54. The van der Waals surface area contributed by atoms with E-state index in [9.17, 15) is 4.79 Å². The molecule has 0 bridgehead atoms. The summed E-state index contributed by atoms with van der Waals surface area (Å²) in [5.74, 6) is -0.0545. The summed E-state index contributed by atoms with van der Waals surface area (Å²) in [5.41, 5.74) is 7.95. The molecule has 0 aliphatic rings. The second-order valence-corrected chi connectivity index (χ2v) is 4.39. The van der Waals surface area contributed by atoms with Gasteiger partial charge >= 0.3 is 0 Å². The van der Waals surface area contributed by atoms with Gasteiger partial charge in [-0.3, -0.25) is 14.5 Å². The lowest BCUT2D eigenvalue weighted by atomic mass is 10.2. The zero-order chi connectivity index (χ0) is 13.7. The molecule has 6 nitrogen and oxygen atoms in total. The van der Waals surface area contributed by atoms with Crippen LogP contribution >= 0.6 is 0 Å². The molecule has 0 aliphatic heterocycles. The van der Waals surface area contributed by atoms with Crippen LogP contribution in [0.2, 0.25) is 0 Å². The fourth-order valence-corrected chi connectivity index (χ4v) is 1.67. The number of carbonyl (C=O) groups excluding carboxylic acids is 1. The van der Waals surface area contributed by atoms with Gasteiger partial charge in [0.15, 0.2) is 0 Å². The van der Waals surface area contributed by atoms with Gasteiger partial charge in [0.2, 0.25) is 5.91 Å². The summed E-state index contributed by atoms with van der Waals surface area (Å²) in [4.78, 5) is 15.8. The number of pyridine rings is 1. The van der Waals surface area contributed by atoms with Gasteiger partial charge in [-0.05, 0) is 24.6 Å². The van der Waals surface area contributed by atoms with E-state index in [0.29, 0.717) is 24.5 Å². The van der Waals surface area contributed by atoms with E-state index in [1.54, 1.807) is 29.2 Å². The van der Waals surface area contributed by atoms with Crippen molar-refractivity contribution in [2.45, 2.75) is 19.9 Å². The molecule has 2 rings (SSSR count). The lowest BCUT2D eigenvalue weighted by Crippen LogP contribution is -2.29. The van der Waals surface area contributed by atoms with Crippen LogP contribution in [0.25, 0.3) is 0 Å². The highest BCUT2D eigenvalue weighted by Crippen LogP contribution is 2.01.